The summed E-state index contributed by atoms with van der Waals surface area (Å²) in [7, 11) is 1.63. The largest absolute Gasteiger partial charge is 0.504 e. The van der Waals surface area contributed by atoms with Crippen LogP contribution in [0.15, 0.2) is 54.5 Å². The molecule has 0 amide bonds. The molecule has 1 unspecified atom stereocenters. The first-order chi connectivity index (χ1) is 13.0. The van der Waals surface area contributed by atoms with Crippen LogP contribution in [0.1, 0.15) is 35.3 Å². The molecule has 0 bridgehead atoms. The molecule has 0 aliphatic carbocycles. The van der Waals surface area contributed by atoms with E-state index in [2.05, 4.69) is 22.2 Å². The topological polar surface area (TPSA) is 66.4 Å². The van der Waals surface area contributed by atoms with Gasteiger partial charge >= 0.3 is 0 Å². The highest BCUT2D eigenvalue weighted by atomic mass is 19.1. The smallest absolute Gasteiger partial charge is 0.167 e. The molecule has 1 aromatic heterocycles. The van der Waals surface area contributed by atoms with E-state index in [1.165, 1.54) is 12.1 Å². The van der Waals surface area contributed by atoms with Crippen LogP contribution in [0.5, 0.6) is 0 Å². The van der Waals surface area contributed by atoms with Crippen LogP contribution in [0.3, 0.4) is 0 Å². The maximum atomic E-state index is 13.1. The lowest BCUT2D eigenvalue weighted by molar-refractivity contribution is 0.202. The Hall–Kier alpha value is -2.86. The lowest BCUT2D eigenvalue weighted by Crippen LogP contribution is -2.31. The molecule has 0 fully saturated rings. The monoisotopic (exact) mass is 369 g/mol. The van der Waals surface area contributed by atoms with Crippen LogP contribution in [0.25, 0.3) is 5.76 Å². The fourth-order valence-corrected chi connectivity index (χ4v) is 3.09. The summed E-state index contributed by atoms with van der Waals surface area (Å²) in [4.78, 5) is 4.48. The molecule has 1 atom stereocenters. The van der Waals surface area contributed by atoms with E-state index < -0.39 is 0 Å². The van der Waals surface area contributed by atoms with Gasteiger partial charge in [0.15, 0.2) is 5.76 Å². The second-order valence-electron chi connectivity index (χ2n) is 6.57. The second-order valence-corrected chi connectivity index (χ2v) is 6.57. The van der Waals surface area contributed by atoms with Crippen LogP contribution in [0, 0.1) is 5.82 Å². The average Bonchev–Trinajstić information content (AvgIpc) is 2.66. The molecule has 0 saturated carbocycles. The van der Waals surface area contributed by atoms with E-state index in [-0.39, 0.29) is 17.6 Å². The number of rotatable bonds is 7. The van der Waals surface area contributed by atoms with Crippen LogP contribution >= 0.6 is 0 Å². The first-order valence-electron chi connectivity index (χ1n) is 8.85. The molecule has 5 nitrogen and oxygen atoms in total. The summed E-state index contributed by atoms with van der Waals surface area (Å²) in [6.07, 6.45) is 2.39. The standard InChI is InChI=1S/C21H24FN3O2/c1-13-18-11-16(10-15-4-6-17(22)7-5-15)12-24-20(18)21(26)19(25-13)14(2)23-8-9-27-3/h4-7,11-13,23,25-26H,2,8-10H2,1,3H3. The highest BCUT2D eigenvalue weighted by Gasteiger charge is 2.26. The van der Waals surface area contributed by atoms with Gasteiger partial charge in [-0.25, -0.2) is 4.39 Å². The van der Waals surface area contributed by atoms with Gasteiger partial charge in [0.1, 0.15) is 17.2 Å². The number of halogens is 1. The predicted octanol–water partition coefficient (Wildman–Crippen LogP) is 3.45. The van der Waals surface area contributed by atoms with Crippen LogP contribution in [-0.4, -0.2) is 30.4 Å². The molecular weight excluding hydrogens is 345 g/mol. The van der Waals surface area contributed by atoms with Gasteiger partial charge in [-0.05, 0) is 42.7 Å². The van der Waals surface area contributed by atoms with Crippen molar-refractivity contribution >= 4 is 5.76 Å². The van der Waals surface area contributed by atoms with Gasteiger partial charge in [0.25, 0.3) is 0 Å². The Morgan fingerprint density at radius 3 is 2.78 bits per heavy atom. The zero-order valence-corrected chi connectivity index (χ0v) is 15.6. The number of aliphatic hydroxyl groups is 1. The van der Waals surface area contributed by atoms with E-state index >= 15 is 0 Å². The number of aliphatic hydroxyl groups excluding tert-OH is 1. The number of nitrogens with one attached hydrogen (secondary N) is 2. The van der Waals surface area contributed by atoms with Crippen molar-refractivity contribution in [3.63, 3.8) is 0 Å². The molecule has 2 aromatic rings. The number of benzene rings is 1. The lowest BCUT2D eigenvalue weighted by Gasteiger charge is -2.28. The molecule has 1 aromatic carbocycles. The minimum Gasteiger partial charge on any atom is -0.504 e. The van der Waals surface area contributed by atoms with E-state index in [0.29, 0.717) is 36.7 Å². The minimum absolute atomic E-state index is 0.0347. The highest BCUT2D eigenvalue weighted by Crippen LogP contribution is 2.31. The number of ether oxygens (including phenoxy) is 1. The van der Waals surface area contributed by atoms with E-state index in [1.807, 2.05) is 13.0 Å². The molecule has 6 heteroatoms. The Morgan fingerprint density at radius 2 is 2.07 bits per heavy atom. The Labute approximate surface area is 158 Å². The van der Waals surface area contributed by atoms with Gasteiger partial charge < -0.3 is 20.5 Å². The van der Waals surface area contributed by atoms with Crippen LogP contribution < -0.4 is 10.6 Å². The molecule has 27 heavy (non-hydrogen) atoms. The third kappa shape index (κ3) is 4.28. The van der Waals surface area contributed by atoms with Crippen molar-refractivity contribution in [2.24, 2.45) is 0 Å². The Balaban J connectivity index is 1.83. The molecule has 0 spiro atoms. The summed E-state index contributed by atoms with van der Waals surface area (Å²) in [6.45, 7) is 7.14. The average molecular weight is 369 g/mol. The molecule has 0 radical (unpaired) electrons. The fraction of sp³-hybridized carbons (Fsp3) is 0.286. The van der Waals surface area contributed by atoms with Gasteiger partial charge in [-0.15, -0.1) is 0 Å². The molecule has 2 heterocycles. The van der Waals surface area contributed by atoms with E-state index in [4.69, 9.17) is 4.74 Å². The Kier molecular flexibility index (Phi) is 5.76. The fourth-order valence-electron chi connectivity index (χ4n) is 3.09. The van der Waals surface area contributed by atoms with Gasteiger partial charge in [0, 0.05) is 25.4 Å². The summed E-state index contributed by atoms with van der Waals surface area (Å²) in [5, 5.41) is 17.1. The molecule has 3 N–H and O–H groups in total. The van der Waals surface area contributed by atoms with Crippen LogP contribution in [0.4, 0.5) is 4.39 Å². The highest BCUT2D eigenvalue weighted by molar-refractivity contribution is 5.68. The van der Waals surface area contributed by atoms with Crippen molar-refractivity contribution in [1.82, 2.24) is 15.6 Å². The predicted molar refractivity (Wildman–Crippen MR) is 104 cm³/mol. The van der Waals surface area contributed by atoms with Crippen LogP contribution in [-0.2, 0) is 11.2 Å². The minimum atomic E-state index is -0.248. The molecular formula is C21H24FN3O2. The molecule has 3 rings (SSSR count). The molecule has 142 valence electrons. The number of pyridine rings is 1. The zero-order chi connectivity index (χ0) is 19.4. The molecule has 0 saturated heterocycles. The van der Waals surface area contributed by atoms with Crippen molar-refractivity contribution < 1.29 is 14.2 Å². The van der Waals surface area contributed by atoms with Crippen molar-refractivity contribution in [2.45, 2.75) is 19.4 Å². The van der Waals surface area contributed by atoms with Crippen molar-refractivity contribution in [3.05, 3.63) is 82.7 Å². The summed E-state index contributed by atoms with van der Waals surface area (Å²) >= 11 is 0. The third-order valence-corrected chi connectivity index (χ3v) is 4.53. The van der Waals surface area contributed by atoms with E-state index in [9.17, 15) is 9.50 Å². The van der Waals surface area contributed by atoms with Gasteiger partial charge in [-0.1, -0.05) is 18.7 Å². The van der Waals surface area contributed by atoms with Gasteiger partial charge in [-0.2, -0.15) is 0 Å². The zero-order valence-electron chi connectivity index (χ0n) is 15.6. The van der Waals surface area contributed by atoms with Crippen molar-refractivity contribution in [3.8, 4) is 0 Å². The third-order valence-electron chi connectivity index (χ3n) is 4.53. The summed E-state index contributed by atoms with van der Waals surface area (Å²) in [5.41, 5.74) is 4.62. The Bertz CT molecular complexity index is 862. The summed E-state index contributed by atoms with van der Waals surface area (Å²) in [6, 6.07) is 8.43. The number of nitrogens with zero attached hydrogens (tertiary/aromatic N) is 1. The lowest BCUT2D eigenvalue weighted by atomic mass is 9.96. The number of fused-ring (bicyclic) bond motifs is 1. The maximum Gasteiger partial charge on any atom is 0.167 e. The van der Waals surface area contributed by atoms with Crippen molar-refractivity contribution in [1.29, 1.82) is 0 Å². The number of hydrogen-bond donors (Lipinski definition) is 3. The number of aromatic nitrogens is 1. The van der Waals surface area contributed by atoms with Gasteiger partial charge in [-0.3, -0.25) is 4.98 Å². The molecule has 1 aliphatic rings. The first kappa shape index (κ1) is 18.9. The summed E-state index contributed by atoms with van der Waals surface area (Å²) < 4.78 is 18.1. The van der Waals surface area contributed by atoms with Crippen molar-refractivity contribution in [2.75, 3.05) is 20.3 Å². The van der Waals surface area contributed by atoms with Gasteiger partial charge in [0.05, 0.1) is 18.3 Å². The van der Waals surface area contributed by atoms with Gasteiger partial charge in [0.2, 0.25) is 0 Å². The Morgan fingerprint density at radius 1 is 1.33 bits per heavy atom. The number of hydrogen-bond acceptors (Lipinski definition) is 5. The van der Waals surface area contributed by atoms with E-state index in [1.54, 1.807) is 25.4 Å². The van der Waals surface area contributed by atoms with E-state index in [0.717, 1.165) is 16.7 Å². The second kappa shape index (κ2) is 8.22. The first-order valence-corrected chi connectivity index (χ1v) is 8.85. The SMILES string of the molecule is C=C(NCCOC)C1=C(O)c2ncc(Cc3ccc(F)cc3)cc2C(C)N1. The van der Waals surface area contributed by atoms with Crippen LogP contribution in [0.2, 0.25) is 0 Å². The number of methoxy groups -OCH3 is 1. The quantitative estimate of drug-likeness (QED) is 0.653. The maximum absolute atomic E-state index is 13.1. The molecule has 1 aliphatic heterocycles. The normalized spacial score (nSPS) is 15.9. The summed E-state index contributed by atoms with van der Waals surface area (Å²) in [5.74, 6) is -0.173.